The monoisotopic (exact) mass is 224 g/mol. The molecule has 2 aliphatic rings. The van der Waals surface area contributed by atoms with Gasteiger partial charge >= 0.3 is 5.97 Å². The number of rotatable bonds is 2. The highest BCUT2D eigenvalue weighted by atomic mass is 16.5. The average molecular weight is 224 g/mol. The molecule has 3 atom stereocenters. The van der Waals surface area contributed by atoms with Gasteiger partial charge in [-0.15, -0.1) is 0 Å². The molecule has 90 valence electrons. The Morgan fingerprint density at radius 2 is 2.31 bits per heavy atom. The molecule has 2 bridgehead atoms. The summed E-state index contributed by atoms with van der Waals surface area (Å²) in [6.45, 7) is 9.27. The quantitative estimate of drug-likeness (QED) is 0.733. The highest BCUT2D eigenvalue weighted by molar-refractivity contribution is 5.67. The van der Waals surface area contributed by atoms with Crippen LogP contribution in [0.3, 0.4) is 0 Å². The average Bonchev–Trinajstić information content (AvgIpc) is 2.11. The van der Waals surface area contributed by atoms with Crippen LogP contribution in [-0.2, 0) is 9.53 Å². The van der Waals surface area contributed by atoms with Gasteiger partial charge < -0.3 is 9.84 Å². The van der Waals surface area contributed by atoms with Crippen LogP contribution in [-0.4, -0.2) is 23.8 Å². The van der Waals surface area contributed by atoms with Crippen molar-refractivity contribution in [1.29, 1.82) is 0 Å². The SMILES string of the molecule is C=C1CC[C@H]2CO[C@H](CC(=O)O)[C@@H]1C2(C)C. The Morgan fingerprint density at radius 3 is 2.94 bits per heavy atom. The van der Waals surface area contributed by atoms with E-state index in [0.29, 0.717) is 12.5 Å². The number of hydrogen-bond acceptors (Lipinski definition) is 2. The van der Waals surface area contributed by atoms with Gasteiger partial charge in [-0.05, 0) is 24.2 Å². The maximum Gasteiger partial charge on any atom is 0.306 e. The highest BCUT2D eigenvalue weighted by Crippen LogP contribution is 2.52. The van der Waals surface area contributed by atoms with Crippen LogP contribution in [0.2, 0.25) is 0 Å². The molecule has 0 amide bonds. The molecular weight excluding hydrogens is 204 g/mol. The van der Waals surface area contributed by atoms with E-state index in [2.05, 4.69) is 20.4 Å². The maximum absolute atomic E-state index is 10.8. The van der Waals surface area contributed by atoms with Crippen LogP contribution in [0.25, 0.3) is 0 Å². The van der Waals surface area contributed by atoms with Gasteiger partial charge in [0.25, 0.3) is 0 Å². The number of aliphatic carboxylic acids is 1. The van der Waals surface area contributed by atoms with Crippen LogP contribution in [0.4, 0.5) is 0 Å². The van der Waals surface area contributed by atoms with E-state index in [1.165, 1.54) is 5.57 Å². The number of hydrogen-bond donors (Lipinski definition) is 1. The van der Waals surface area contributed by atoms with Crippen LogP contribution in [0.5, 0.6) is 0 Å². The number of carboxylic acids is 1. The molecule has 1 saturated heterocycles. The smallest absolute Gasteiger partial charge is 0.306 e. The lowest BCUT2D eigenvalue weighted by Crippen LogP contribution is -2.51. The maximum atomic E-state index is 10.8. The third kappa shape index (κ3) is 1.77. The van der Waals surface area contributed by atoms with Crippen molar-refractivity contribution in [3.05, 3.63) is 12.2 Å². The molecular formula is C13H20O3. The predicted octanol–water partition coefficient (Wildman–Crippen LogP) is 2.47. The molecule has 2 rings (SSSR count). The Balaban J connectivity index is 2.24. The molecule has 0 radical (unpaired) electrons. The summed E-state index contributed by atoms with van der Waals surface area (Å²) in [7, 11) is 0. The van der Waals surface area contributed by atoms with E-state index in [0.717, 1.165) is 12.8 Å². The lowest BCUT2D eigenvalue weighted by atomic mass is 9.57. The van der Waals surface area contributed by atoms with Crippen molar-refractivity contribution in [2.45, 2.75) is 39.2 Å². The second-order valence-electron chi connectivity index (χ2n) is 5.66. The van der Waals surface area contributed by atoms with Gasteiger partial charge in [-0.3, -0.25) is 4.79 Å². The molecule has 3 nitrogen and oxygen atoms in total. The van der Waals surface area contributed by atoms with Crippen molar-refractivity contribution >= 4 is 5.97 Å². The minimum absolute atomic E-state index is 0.0971. The molecule has 0 aromatic rings. The van der Waals surface area contributed by atoms with E-state index >= 15 is 0 Å². The Hall–Kier alpha value is -0.830. The van der Waals surface area contributed by atoms with Crippen LogP contribution >= 0.6 is 0 Å². The molecule has 1 aliphatic heterocycles. The first-order valence-electron chi connectivity index (χ1n) is 5.94. The van der Waals surface area contributed by atoms with Gasteiger partial charge in [0.2, 0.25) is 0 Å². The summed E-state index contributed by atoms with van der Waals surface area (Å²) in [5, 5.41) is 8.91. The van der Waals surface area contributed by atoms with Crippen LogP contribution < -0.4 is 0 Å². The zero-order valence-electron chi connectivity index (χ0n) is 10.0. The van der Waals surface area contributed by atoms with Gasteiger partial charge in [-0.1, -0.05) is 26.0 Å². The fraction of sp³-hybridized carbons (Fsp3) is 0.769. The summed E-state index contributed by atoms with van der Waals surface area (Å²) >= 11 is 0. The molecule has 0 aromatic heterocycles. The standard InChI is InChI=1S/C13H20O3/c1-8-4-5-9-7-16-10(6-11(14)15)12(8)13(9,2)3/h9-10,12H,1,4-7H2,2-3H3,(H,14,15)/t9-,10+,12+/m0/s1. The topological polar surface area (TPSA) is 46.5 Å². The van der Waals surface area contributed by atoms with E-state index in [9.17, 15) is 4.79 Å². The zero-order valence-corrected chi connectivity index (χ0v) is 10.0. The highest BCUT2D eigenvalue weighted by Gasteiger charge is 2.50. The van der Waals surface area contributed by atoms with Gasteiger partial charge in [0.05, 0.1) is 19.1 Å². The molecule has 0 spiro atoms. The molecule has 0 aromatic carbocycles. The Bertz CT molecular complexity index is 319. The molecule has 16 heavy (non-hydrogen) atoms. The lowest BCUT2D eigenvalue weighted by molar-refractivity contribution is -0.156. The van der Waals surface area contributed by atoms with Gasteiger partial charge in [0.15, 0.2) is 0 Å². The van der Waals surface area contributed by atoms with Gasteiger partial charge in [-0.25, -0.2) is 0 Å². The van der Waals surface area contributed by atoms with E-state index in [4.69, 9.17) is 9.84 Å². The number of fused-ring (bicyclic) bond motifs is 2. The lowest BCUT2D eigenvalue weighted by Gasteiger charge is -2.53. The summed E-state index contributed by atoms with van der Waals surface area (Å²) in [6.07, 6.45) is 2.07. The summed E-state index contributed by atoms with van der Waals surface area (Å²) in [4.78, 5) is 10.8. The molecule has 1 heterocycles. The Kier molecular flexibility index (Phi) is 2.82. The van der Waals surface area contributed by atoms with E-state index in [1.54, 1.807) is 0 Å². The predicted molar refractivity (Wildman–Crippen MR) is 61.1 cm³/mol. The molecule has 3 heteroatoms. The van der Waals surface area contributed by atoms with Crippen molar-refractivity contribution in [3.8, 4) is 0 Å². The molecule has 1 aliphatic carbocycles. The van der Waals surface area contributed by atoms with Crippen molar-refractivity contribution in [2.75, 3.05) is 6.61 Å². The molecule has 1 saturated carbocycles. The summed E-state index contributed by atoms with van der Waals surface area (Å²) in [5.74, 6) is -0.0261. The molecule has 1 N–H and O–H groups in total. The summed E-state index contributed by atoms with van der Waals surface area (Å²) in [5.41, 5.74) is 1.31. The van der Waals surface area contributed by atoms with E-state index < -0.39 is 5.97 Å². The van der Waals surface area contributed by atoms with Crippen LogP contribution in [0.1, 0.15) is 33.1 Å². The minimum atomic E-state index is -0.780. The Labute approximate surface area is 96.5 Å². The van der Waals surface area contributed by atoms with Crippen LogP contribution in [0, 0.1) is 17.3 Å². The fourth-order valence-corrected chi connectivity index (χ4v) is 3.39. The number of carbonyl (C=O) groups is 1. The largest absolute Gasteiger partial charge is 0.481 e. The summed E-state index contributed by atoms with van der Waals surface area (Å²) in [6, 6.07) is 0. The normalized spacial score (nSPS) is 37.1. The fourth-order valence-electron chi connectivity index (χ4n) is 3.39. The van der Waals surface area contributed by atoms with Crippen molar-refractivity contribution in [2.24, 2.45) is 17.3 Å². The van der Waals surface area contributed by atoms with Crippen molar-refractivity contribution in [3.63, 3.8) is 0 Å². The van der Waals surface area contributed by atoms with Crippen molar-refractivity contribution in [1.82, 2.24) is 0 Å². The van der Waals surface area contributed by atoms with Gasteiger partial charge in [0.1, 0.15) is 0 Å². The third-order valence-corrected chi connectivity index (χ3v) is 4.37. The van der Waals surface area contributed by atoms with E-state index in [1.807, 2.05) is 0 Å². The van der Waals surface area contributed by atoms with Crippen molar-refractivity contribution < 1.29 is 14.6 Å². The molecule has 0 unspecified atom stereocenters. The first-order valence-corrected chi connectivity index (χ1v) is 5.94. The van der Waals surface area contributed by atoms with E-state index in [-0.39, 0.29) is 23.9 Å². The second-order valence-corrected chi connectivity index (χ2v) is 5.66. The second kappa shape index (κ2) is 3.88. The first-order chi connectivity index (χ1) is 7.43. The first kappa shape index (κ1) is 11.6. The Morgan fingerprint density at radius 1 is 1.62 bits per heavy atom. The number of carboxylic acid groups (broad SMARTS) is 1. The molecule has 2 fully saturated rings. The minimum Gasteiger partial charge on any atom is -0.481 e. The van der Waals surface area contributed by atoms with Crippen LogP contribution in [0.15, 0.2) is 12.2 Å². The third-order valence-electron chi connectivity index (χ3n) is 4.37. The van der Waals surface area contributed by atoms with Gasteiger partial charge in [-0.2, -0.15) is 0 Å². The van der Waals surface area contributed by atoms with Gasteiger partial charge in [0, 0.05) is 5.92 Å². The zero-order chi connectivity index (χ0) is 11.9. The number of ether oxygens (including phenoxy) is 1. The summed E-state index contributed by atoms with van der Waals surface area (Å²) < 4.78 is 5.72.